The molecule has 0 aliphatic rings. The monoisotopic (exact) mass is 1050 g/mol. The fraction of sp³-hybridized carbons (Fsp3) is 0. The summed E-state index contributed by atoms with van der Waals surface area (Å²) in [5.74, 6) is 3.03. The van der Waals surface area contributed by atoms with Crippen molar-refractivity contribution in [2.24, 2.45) is 0 Å². The van der Waals surface area contributed by atoms with Crippen LogP contribution in [0.15, 0.2) is 267 Å². The first-order chi connectivity index (χ1) is 36.1. The van der Waals surface area contributed by atoms with Crippen LogP contribution in [-0.4, -0.2) is 34.9 Å². The van der Waals surface area contributed by atoms with E-state index in [2.05, 4.69) is 0 Å². The Morgan fingerprint density at radius 1 is 0.280 bits per heavy atom. The first kappa shape index (κ1) is 49.6. The fourth-order valence-electron chi connectivity index (χ4n) is 7.96. The van der Waals surface area contributed by atoms with Crippen molar-refractivity contribution in [3.05, 3.63) is 243 Å². The summed E-state index contributed by atoms with van der Waals surface area (Å²) < 4.78 is 113. The minimum atomic E-state index is -4.93. The molecular weight excluding hydrogens is 1010 g/mol. The second-order valence-electron chi connectivity index (χ2n) is 16.9. The van der Waals surface area contributed by atoms with Gasteiger partial charge in [0.1, 0.15) is 56.6 Å². The maximum Gasteiger partial charge on any atom is 0.298 e. The molecule has 0 aromatic heterocycles. The van der Waals surface area contributed by atoms with Gasteiger partial charge < -0.3 is 24.1 Å². The molecule has 0 saturated carbocycles. The molecule has 0 aliphatic heterocycles. The quantitative estimate of drug-likeness (QED) is 0.0876. The molecule has 12 nitrogen and oxygen atoms in total. The van der Waals surface area contributed by atoms with Gasteiger partial charge in [0.2, 0.25) is 19.7 Å². The van der Waals surface area contributed by atoms with Gasteiger partial charge in [0.25, 0.3) is 10.1 Å². The average molecular weight is 1050 g/mol. The van der Waals surface area contributed by atoms with Gasteiger partial charge in [-0.15, -0.1) is 0 Å². The van der Waals surface area contributed by atoms with Crippen molar-refractivity contribution < 1.29 is 53.9 Å². The van der Waals surface area contributed by atoms with E-state index >= 15 is 0 Å². The minimum absolute atomic E-state index is 0.115. The first-order valence-corrected chi connectivity index (χ1v) is 27.4. The number of sulfone groups is 2. The van der Waals surface area contributed by atoms with Crippen molar-refractivity contribution in [1.82, 2.24) is 0 Å². The Balaban J connectivity index is 0.729. The Morgan fingerprint density at radius 2 is 0.547 bits per heavy atom. The molecule has 0 spiro atoms. The Bertz CT molecular complexity index is 3970. The van der Waals surface area contributed by atoms with Gasteiger partial charge in [0.15, 0.2) is 0 Å². The van der Waals surface area contributed by atoms with Gasteiger partial charge in [-0.25, -0.2) is 16.8 Å². The fourth-order valence-corrected chi connectivity index (χ4v) is 11.2. The topological polar surface area (TPSA) is 180 Å². The molecule has 0 fully saturated rings. The summed E-state index contributed by atoms with van der Waals surface area (Å²) in [5.41, 5.74) is 5.55. The zero-order chi connectivity index (χ0) is 52.2. The Kier molecular flexibility index (Phi) is 13.8. The molecule has 10 rings (SSSR count). The molecule has 2 N–H and O–H groups in total. The lowest BCUT2D eigenvalue weighted by Gasteiger charge is -2.13. The lowest BCUT2D eigenvalue weighted by Crippen LogP contribution is -2.06. The maximum absolute atomic E-state index is 13.7. The summed E-state index contributed by atoms with van der Waals surface area (Å²) in [4.78, 5) is -1.02. The van der Waals surface area contributed by atoms with Crippen LogP contribution in [0.25, 0.3) is 33.4 Å². The molecule has 0 saturated heterocycles. The molecule has 0 amide bonds. The summed E-state index contributed by atoms with van der Waals surface area (Å²) >= 11 is 0. The van der Waals surface area contributed by atoms with Crippen molar-refractivity contribution in [2.45, 2.75) is 24.5 Å². The summed E-state index contributed by atoms with van der Waals surface area (Å²) in [7, 11) is -13.0. The van der Waals surface area contributed by atoms with E-state index < -0.39 is 34.7 Å². The number of benzene rings is 10. The van der Waals surface area contributed by atoms with Crippen LogP contribution in [0.3, 0.4) is 0 Å². The first-order valence-electron chi connectivity index (χ1n) is 23.0. The third-order valence-electron chi connectivity index (χ3n) is 11.9. The number of rotatable bonds is 16. The number of hydrogen-bond acceptors (Lipinski definition) is 11. The molecule has 0 radical (unpaired) electrons. The van der Waals surface area contributed by atoms with Crippen LogP contribution in [0.2, 0.25) is 0 Å². The number of phenols is 1. The van der Waals surface area contributed by atoms with Crippen LogP contribution in [0, 0.1) is 0 Å². The number of ether oxygens (including phenoxy) is 4. The zero-order valence-electron chi connectivity index (χ0n) is 39.3. The van der Waals surface area contributed by atoms with Gasteiger partial charge in [-0.2, -0.15) is 8.42 Å². The SMILES string of the molecule is O=S(=O)(O)c1cc(S(=O)(=O)c2ccc(Oc3ccc(-c4ccc(Oc5ccc(S(=O)(=O)c6ccc(Oc7ccc(-c8ccccc8)cc7)cc6)cc5)cc4)cc3)cc2)ccc1Oc1ccc(-c2ccc(O)cc2)cc1. The lowest BCUT2D eigenvalue weighted by molar-refractivity contribution is 0.449. The standard InChI is InChI=1S/C60H42O12S3/c61-47-16-6-42(7-17-47)44-14-24-54(25-15-44)72-59-39-38-58(40-60(59)75(66,67)68)74(64,65)57-36-30-53(31-37-57)71-50-22-12-46(13-23-50)45-10-20-49(21-11-45)70-52-28-34-56(35-29-52)73(62,63)55-32-26-51(27-33-55)69-48-18-8-43(9-19-48)41-4-2-1-3-5-41/h1-40,61H,(H,66,67,68). The highest BCUT2D eigenvalue weighted by molar-refractivity contribution is 7.92. The van der Waals surface area contributed by atoms with Crippen molar-refractivity contribution in [3.8, 4) is 85.1 Å². The van der Waals surface area contributed by atoms with E-state index in [1.54, 1.807) is 97.1 Å². The van der Waals surface area contributed by atoms with Gasteiger partial charge in [-0.05, 0) is 185 Å². The number of phenolic OH excluding ortho intramolecular Hbond substituents is 1. The molecule has 75 heavy (non-hydrogen) atoms. The third-order valence-corrected chi connectivity index (χ3v) is 16.3. The van der Waals surface area contributed by atoms with Crippen LogP contribution in [-0.2, 0) is 29.8 Å². The molecule has 0 heterocycles. The van der Waals surface area contributed by atoms with Crippen LogP contribution < -0.4 is 18.9 Å². The van der Waals surface area contributed by atoms with Crippen LogP contribution in [0.5, 0.6) is 51.7 Å². The summed E-state index contributed by atoms with van der Waals surface area (Å²) in [6.07, 6.45) is 0. The van der Waals surface area contributed by atoms with Gasteiger partial charge in [-0.1, -0.05) is 91.0 Å². The van der Waals surface area contributed by atoms with Crippen molar-refractivity contribution in [2.75, 3.05) is 0 Å². The van der Waals surface area contributed by atoms with Crippen LogP contribution in [0.4, 0.5) is 0 Å². The number of aromatic hydroxyl groups is 1. The van der Waals surface area contributed by atoms with E-state index in [0.717, 1.165) is 45.5 Å². The van der Waals surface area contributed by atoms with Crippen LogP contribution in [0.1, 0.15) is 0 Å². The largest absolute Gasteiger partial charge is 0.508 e. The highest BCUT2D eigenvalue weighted by Gasteiger charge is 2.25. The molecule has 0 bridgehead atoms. The Hall–Kier alpha value is -8.99. The molecule has 15 heteroatoms. The van der Waals surface area contributed by atoms with E-state index in [0.29, 0.717) is 34.5 Å². The predicted octanol–water partition coefficient (Wildman–Crippen LogP) is 14.5. The normalized spacial score (nSPS) is 11.6. The van der Waals surface area contributed by atoms with E-state index in [1.165, 1.54) is 54.6 Å². The second kappa shape index (κ2) is 20.9. The smallest absolute Gasteiger partial charge is 0.298 e. The van der Waals surface area contributed by atoms with Gasteiger partial charge in [0.05, 0.1) is 19.6 Å². The molecule has 10 aromatic carbocycles. The van der Waals surface area contributed by atoms with E-state index in [1.807, 2.05) is 78.9 Å². The third kappa shape index (κ3) is 11.5. The highest BCUT2D eigenvalue weighted by Crippen LogP contribution is 2.36. The Labute approximate surface area is 433 Å². The van der Waals surface area contributed by atoms with Crippen LogP contribution >= 0.6 is 0 Å². The molecule has 372 valence electrons. The lowest BCUT2D eigenvalue weighted by atomic mass is 10.1. The van der Waals surface area contributed by atoms with Gasteiger partial charge in [0, 0.05) is 0 Å². The molecule has 0 unspecified atom stereocenters. The molecular formula is C60H42O12S3. The average Bonchev–Trinajstić information content (AvgIpc) is 3.43. The predicted molar refractivity (Wildman–Crippen MR) is 284 cm³/mol. The molecule has 0 atom stereocenters. The molecule has 0 aliphatic carbocycles. The van der Waals surface area contributed by atoms with E-state index in [4.69, 9.17) is 18.9 Å². The van der Waals surface area contributed by atoms with E-state index in [-0.39, 0.29) is 36.8 Å². The summed E-state index contributed by atoms with van der Waals surface area (Å²) in [6, 6.07) is 66.8. The van der Waals surface area contributed by atoms with Gasteiger partial charge >= 0.3 is 0 Å². The van der Waals surface area contributed by atoms with Crippen molar-refractivity contribution in [3.63, 3.8) is 0 Å². The molecule has 10 aromatic rings. The van der Waals surface area contributed by atoms with Gasteiger partial charge in [-0.3, -0.25) is 4.55 Å². The summed E-state index contributed by atoms with van der Waals surface area (Å²) in [5, 5.41) is 9.58. The Morgan fingerprint density at radius 3 is 0.880 bits per heavy atom. The number of hydrogen-bond donors (Lipinski definition) is 2. The zero-order valence-corrected chi connectivity index (χ0v) is 41.7. The van der Waals surface area contributed by atoms with Crippen molar-refractivity contribution >= 4 is 29.8 Å². The maximum atomic E-state index is 13.7. The minimum Gasteiger partial charge on any atom is -0.508 e. The second-order valence-corrected chi connectivity index (χ2v) is 22.2. The summed E-state index contributed by atoms with van der Waals surface area (Å²) in [6.45, 7) is 0. The van der Waals surface area contributed by atoms with Crippen molar-refractivity contribution in [1.29, 1.82) is 0 Å². The highest BCUT2D eigenvalue weighted by atomic mass is 32.2. The van der Waals surface area contributed by atoms with E-state index in [9.17, 15) is 34.9 Å².